The largest absolute Gasteiger partial charge is 0.421 e. The average molecular weight is 178 g/mol. The van der Waals surface area contributed by atoms with E-state index in [9.17, 15) is 9.59 Å². The van der Waals surface area contributed by atoms with E-state index in [1.54, 1.807) is 14.1 Å². The predicted molar refractivity (Wildman–Crippen MR) is 41.8 cm³/mol. The number of amides is 2. The van der Waals surface area contributed by atoms with Gasteiger partial charge < -0.3 is 14.8 Å². The van der Waals surface area contributed by atoms with Crippen molar-refractivity contribution in [3.05, 3.63) is 0 Å². The van der Waals surface area contributed by atoms with E-state index in [2.05, 4.69) is 4.18 Å². The number of carbonyl (C=O) groups is 2. The second-order valence-electron chi connectivity index (χ2n) is 1.97. The van der Waals surface area contributed by atoms with Crippen LogP contribution in [0.2, 0.25) is 0 Å². The molecule has 0 saturated carbocycles. The Hall–Kier alpha value is -0.910. The standard InChI is InChI=1S/C5H10N2O3S/c1-7(2)5(9)10-11-3-4(6)8/h3H2,1-2H3,(H2,6,8). The molecular weight excluding hydrogens is 168 g/mol. The summed E-state index contributed by atoms with van der Waals surface area (Å²) in [7, 11) is 3.10. The molecule has 0 fully saturated rings. The molecule has 0 heterocycles. The quantitative estimate of drug-likeness (QED) is 0.608. The fourth-order valence-corrected chi connectivity index (χ4v) is 0.637. The molecule has 6 heteroatoms. The van der Waals surface area contributed by atoms with Gasteiger partial charge in [-0.3, -0.25) is 4.79 Å². The summed E-state index contributed by atoms with van der Waals surface area (Å²) in [5.41, 5.74) is 4.79. The topological polar surface area (TPSA) is 72.6 Å². The van der Waals surface area contributed by atoms with Crippen LogP contribution in [-0.4, -0.2) is 36.7 Å². The highest BCUT2D eigenvalue weighted by atomic mass is 32.2. The molecule has 0 aromatic carbocycles. The van der Waals surface area contributed by atoms with Crippen molar-refractivity contribution in [2.45, 2.75) is 0 Å². The van der Waals surface area contributed by atoms with Crippen molar-refractivity contribution in [3.8, 4) is 0 Å². The summed E-state index contributed by atoms with van der Waals surface area (Å²) in [4.78, 5) is 22.1. The highest BCUT2D eigenvalue weighted by molar-refractivity contribution is 7.95. The van der Waals surface area contributed by atoms with Gasteiger partial charge in [0.15, 0.2) is 0 Å². The minimum absolute atomic E-state index is 0.0143. The molecule has 0 aliphatic heterocycles. The molecule has 0 aromatic heterocycles. The smallest absolute Gasteiger partial charge is 0.374 e. The van der Waals surface area contributed by atoms with Gasteiger partial charge in [-0.2, -0.15) is 0 Å². The van der Waals surface area contributed by atoms with Crippen molar-refractivity contribution in [1.29, 1.82) is 0 Å². The summed E-state index contributed by atoms with van der Waals surface area (Å²) < 4.78 is 4.52. The summed E-state index contributed by atoms with van der Waals surface area (Å²) in [6, 6.07) is 0. The number of carbonyl (C=O) groups excluding carboxylic acids is 2. The van der Waals surface area contributed by atoms with Crippen molar-refractivity contribution >= 4 is 24.0 Å². The molecule has 0 radical (unpaired) electrons. The lowest BCUT2D eigenvalue weighted by atomic mass is 10.8. The maximum atomic E-state index is 10.7. The summed E-state index contributed by atoms with van der Waals surface area (Å²) in [6.45, 7) is 0. The third-order valence-corrected chi connectivity index (χ3v) is 1.36. The first kappa shape index (κ1) is 10.1. The highest BCUT2D eigenvalue weighted by Gasteiger charge is 2.05. The fourth-order valence-electron chi connectivity index (χ4n) is 0.212. The third kappa shape index (κ3) is 5.53. The Morgan fingerprint density at radius 1 is 1.55 bits per heavy atom. The summed E-state index contributed by atoms with van der Waals surface area (Å²) in [6.07, 6.45) is -0.503. The molecule has 0 atom stereocenters. The second kappa shape index (κ2) is 4.84. The zero-order valence-electron chi connectivity index (χ0n) is 6.36. The molecule has 0 unspecified atom stereocenters. The Morgan fingerprint density at radius 3 is 2.45 bits per heavy atom. The Morgan fingerprint density at radius 2 is 2.09 bits per heavy atom. The predicted octanol–water partition coefficient (Wildman–Crippen LogP) is -0.182. The Labute approximate surface area is 69.1 Å². The molecule has 64 valence electrons. The Kier molecular flexibility index (Phi) is 4.44. The molecule has 0 aromatic rings. The van der Waals surface area contributed by atoms with Crippen LogP contribution in [0.4, 0.5) is 4.79 Å². The van der Waals surface area contributed by atoms with Crippen LogP contribution in [0.15, 0.2) is 0 Å². The normalized spacial score (nSPS) is 8.91. The molecule has 11 heavy (non-hydrogen) atoms. The van der Waals surface area contributed by atoms with Gasteiger partial charge >= 0.3 is 6.09 Å². The second-order valence-corrected chi connectivity index (χ2v) is 2.66. The monoisotopic (exact) mass is 178 g/mol. The van der Waals surface area contributed by atoms with Crippen molar-refractivity contribution < 1.29 is 13.8 Å². The van der Waals surface area contributed by atoms with E-state index in [0.717, 1.165) is 12.0 Å². The molecule has 0 bridgehead atoms. The van der Waals surface area contributed by atoms with Crippen LogP contribution >= 0.6 is 12.0 Å². The Bertz CT molecular complexity index is 160. The van der Waals surface area contributed by atoms with E-state index in [1.165, 1.54) is 4.90 Å². The lowest BCUT2D eigenvalue weighted by molar-refractivity contribution is -0.115. The van der Waals surface area contributed by atoms with Crippen molar-refractivity contribution in [1.82, 2.24) is 4.90 Å². The van der Waals surface area contributed by atoms with Gasteiger partial charge in [-0.15, -0.1) is 0 Å². The number of rotatable bonds is 3. The van der Waals surface area contributed by atoms with Crippen LogP contribution in [-0.2, 0) is 8.98 Å². The van der Waals surface area contributed by atoms with Gasteiger partial charge in [-0.1, -0.05) is 0 Å². The van der Waals surface area contributed by atoms with Gasteiger partial charge in [-0.25, -0.2) is 4.79 Å². The van der Waals surface area contributed by atoms with Crippen molar-refractivity contribution in [3.63, 3.8) is 0 Å². The van der Waals surface area contributed by atoms with E-state index in [1.807, 2.05) is 0 Å². The van der Waals surface area contributed by atoms with E-state index in [4.69, 9.17) is 5.73 Å². The zero-order chi connectivity index (χ0) is 8.85. The molecule has 0 rings (SSSR count). The van der Waals surface area contributed by atoms with Crippen LogP contribution in [0.1, 0.15) is 0 Å². The molecular formula is C5H10N2O3S. The van der Waals surface area contributed by atoms with E-state index >= 15 is 0 Å². The molecule has 2 amide bonds. The number of nitrogens with zero attached hydrogens (tertiary/aromatic N) is 1. The summed E-state index contributed by atoms with van der Waals surface area (Å²) in [5.74, 6) is -0.527. The van der Waals surface area contributed by atoms with Crippen molar-refractivity contribution in [2.75, 3.05) is 19.8 Å². The van der Waals surface area contributed by atoms with Gasteiger partial charge in [0.05, 0.1) is 12.0 Å². The SMILES string of the molecule is CN(C)C(=O)OSCC(N)=O. The highest BCUT2D eigenvalue weighted by Crippen LogP contribution is 2.02. The van der Waals surface area contributed by atoms with Crippen LogP contribution in [0, 0.1) is 0 Å². The number of primary amides is 1. The first-order chi connectivity index (χ1) is 5.04. The molecule has 0 aliphatic rings. The van der Waals surface area contributed by atoms with Crippen LogP contribution < -0.4 is 5.73 Å². The van der Waals surface area contributed by atoms with Crippen molar-refractivity contribution in [2.24, 2.45) is 5.73 Å². The fraction of sp³-hybridized carbons (Fsp3) is 0.600. The number of nitrogens with two attached hydrogens (primary N) is 1. The molecule has 0 spiro atoms. The average Bonchev–Trinajstić information content (AvgIpc) is 1.86. The number of hydrogen-bond donors (Lipinski definition) is 1. The van der Waals surface area contributed by atoms with Crippen LogP contribution in [0.25, 0.3) is 0 Å². The first-order valence-corrected chi connectivity index (χ1v) is 3.74. The lowest BCUT2D eigenvalue weighted by Crippen LogP contribution is -2.21. The van der Waals surface area contributed by atoms with Gasteiger partial charge in [0.1, 0.15) is 5.75 Å². The van der Waals surface area contributed by atoms with Gasteiger partial charge in [-0.05, 0) is 0 Å². The lowest BCUT2D eigenvalue weighted by Gasteiger charge is -2.07. The molecule has 0 aliphatic carbocycles. The molecule has 0 saturated heterocycles. The minimum atomic E-state index is -0.512. The van der Waals surface area contributed by atoms with Crippen LogP contribution in [0.3, 0.4) is 0 Å². The molecule has 5 nitrogen and oxygen atoms in total. The first-order valence-electron chi connectivity index (χ1n) is 2.83. The molecule has 2 N–H and O–H groups in total. The van der Waals surface area contributed by atoms with E-state index in [-0.39, 0.29) is 5.75 Å². The van der Waals surface area contributed by atoms with Crippen LogP contribution in [0.5, 0.6) is 0 Å². The number of hydrogen-bond acceptors (Lipinski definition) is 4. The minimum Gasteiger partial charge on any atom is -0.374 e. The summed E-state index contributed by atoms with van der Waals surface area (Å²) in [5, 5.41) is 0. The van der Waals surface area contributed by atoms with Gasteiger partial charge in [0, 0.05) is 14.1 Å². The van der Waals surface area contributed by atoms with Gasteiger partial charge in [0.2, 0.25) is 5.91 Å². The van der Waals surface area contributed by atoms with E-state index in [0.29, 0.717) is 0 Å². The van der Waals surface area contributed by atoms with Gasteiger partial charge in [0.25, 0.3) is 0 Å². The Balaban J connectivity index is 3.39. The maximum absolute atomic E-state index is 10.7. The summed E-state index contributed by atoms with van der Waals surface area (Å²) >= 11 is 0.732. The third-order valence-electron chi connectivity index (χ3n) is 0.697. The maximum Gasteiger partial charge on any atom is 0.421 e. The zero-order valence-corrected chi connectivity index (χ0v) is 7.18. The van der Waals surface area contributed by atoms with E-state index < -0.39 is 12.0 Å².